The van der Waals surface area contributed by atoms with E-state index in [9.17, 15) is 0 Å². The fraction of sp³-hybridized carbons (Fsp3) is 0.500. The normalized spacial score (nSPS) is 10.2. The number of terminal acetylenes is 1. The number of hydrogen-bond acceptors (Lipinski definition) is 3. The second-order valence-electron chi connectivity index (χ2n) is 4.39. The molecule has 0 amide bonds. The number of aryl methyl sites for hydroxylation is 1. The molecule has 1 rings (SSSR count). The molecule has 0 radical (unpaired) electrons. The van der Waals surface area contributed by atoms with E-state index in [0.29, 0.717) is 13.2 Å². The van der Waals surface area contributed by atoms with Crippen LogP contribution in [0.25, 0.3) is 0 Å². The van der Waals surface area contributed by atoms with Crippen LogP contribution in [0.5, 0.6) is 5.75 Å². The van der Waals surface area contributed by atoms with Crippen molar-refractivity contribution in [3.05, 3.63) is 29.3 Å². The van der Waals surface area contributed by atoms with E-state index in [4.69, 9.17) is 15.9 Å². The molecule has 0 aromatic heterocycles. The van der Waals surface area contributed by atoms with Crippen LogP contribution >= 0.6 is 0 Å². The molecule has 0 fully saturated rings. The Bertz CT molecular complexity index is 410. The van der Waals surface area contributed by atoms with Crippen molar-refractivity contribution in [1.82, 2.24) is 5.32 Å². The van der Waals surface area contributed by atoms with Crippen LogP contribution < -0.4 is 10.1 Å². The van der Waals surface area contributed by atoms with Crippen molar-refractivity contribution >= 4 is 0 Å². The Morgan fingerprint density at radius 1 is 1.32 bits per heavy atom. The maximum Gasteiger partial charge on any atom is 0.126 e. The van der Waals surface area contributed by atoms with E-state index < -0.39 is 0 Å². The zero-order valence-electron chi connectivity index (χ0n) is 11.9. The van der Waals surface area contributed by atoms with E-state index in [1.54, 1.807) is 7.11 Å². The fourth-order valence-corrected chi connectivity index (χ4v) is 1.80. The SMILES string of the molecule is C#CCCCOc1c(C)cccc1CNCCOC. The molecule has 0 aliphatic rings. The lowest BCUT2D eigenvalue weighted by Crippen LogP contribution is -2.19. The van der Waals surface area contributed by atoms with Gasteiger partial charge in [-0.2, -0.15) is 0 Å². The Hall–Kier alpha value is -1.50. The summed E-state index contributed by atoms with van der Waals surface area (Å²) in [5.41, 5.74) is 2.34. The van der Waals surface area contributed by atoms with Gasteiger partial charge in [-0.3, -0.25) is 0 Å². The Morgan fingerprint density at radius 2 is 2.16 bits per heavy atom. The molecule has 0 saturated carbocycles. The molecule has 1 N–H and O–H groups in total. The zero-order chi connectivity index (χ0) is 13.9. The summed E-state index contributed by atoms with van der Waals surface area (Å²) >= 11 is 0. The summed E-state index contributed by atoms with van der Waals surface area (Å²) < 4.78 is 10.9. The first-order valence-electron chi connectivity index (χ1n) is 6.64. The molecule has 0 spiro atoms. The number of unbranched alkanes of at least 4 members (excludes halogenated alkanes) is 1. The van der Waals surface area contributed by atoms with Gasteiger partial charge in [0.1, 0.15) is 5.75 Å². The summed E-state index contributed by atoms with van der Waals surface area (Å²) in [6, 6.07) is 6.20. The highest BCUT2D eigenvalue weighted by molar-refractivity contribution is 5.40. The third kappa shape index (κ3) is 5.78. The summed E-state index contributed by atoms with van der Waals surface area (Å²) in [6.45, 7) is 5.07. The molecule has 19 heavy (non-hydrogen) atoms. The van der Waals surface area contributed by atoms with Crippen LogP contribution in [-0.2, 0) is 11.3 Å². The third-order valence-corrected chi connectivity index (χ3v) is 2.80. The van der Waals surface area contributed by atoms with Gasteiger partial charge in [-0.1, -0.05) is 18.2 Å². The predicted molar refractivity (Wildman–Crippen MR) is 78.3 cm³/mol. The predicted octanol–water partition coefficient (Wildman–Crippen LogP) is 2.52. The first kappa shape index (κ1) is 15.6. The smallest absolute Gasteiger partial charge is 0.126 e. The van der Waals surface area contributed by atoms with Gasteiger partial charge in [0.05, 0.1) is 13.2 Å². The van der Waals surface area contributed by atoms with Crippen molar-refractivity contribution in [2.75, 3.05) is 26.9 Å². The van der Waals surface area contributed by atoms with Crippen LogP contribution in [0, 0.1) is 19.3 Å². The van der Waals surface area contributed by atoms with E-state index in [0.717, 1.165) is 37.2 Å². The molecule has 0 atom stereocenters. The fourth-order valence-electron chi connectivity index (χ4n) is 1.80. The van der Waals surface area contributed by atoms with Crippen molar-refractivity contribution in [2.24, 2.45) is 0 Å². The van der Waals surface area contributed by atoms with Crippen molar-refractivity contribution in [1.29, 1.82) is 0 Å². The maximum absolute atomic E-state index is 5.86. The number of rotatable bonds is 9. The van der Waals surface area contributed by atoms with Gasteiger partial charge in [0.15, 0.2) is 0 Å². The number of hydrogen-bond donors (Lipinski definition) is 1. The number of nitrogens with one attached hydrogen (secondary N) is 1. The van der Waals surface area contributed by atoms with Crippen LogP contribution in [0.2, 0.25) is 0 Å². The summed E-state index contributed by atoms with van der Waals surface area (Å²) in [7, 11) is 1.70. The van der Waals surface area contributed by atoms with E-state index in [-0.39, 0.29) is 0 Å². The topological polar surface area (TPSA) is 30.5 Å². The minimum absolute atomic E-state index is 0.667. The Kier molecular flexibility index (Phi) is 7.72. The molecule has 0 heterocycles. The standard InChI is InChI=1S/C16H23NO2/c1-4-5-6-11-19-16-14(2)8-7-9-15(16)13-17-10-12-18-3/h1,7-9,17H,5-6,10-13H2,2-3H3. The Balaban J connectivity index is 2.54. The highest BCUT2D eigenvalue weighted by atomic mass is 16.5. The molecular formula is C16H23NO2. The van der Waals surface area contributed by atoms with Crippen LogP contribution in [-0.4, -0.2) is 26.9 Å². The van der Waals surface area contributed by atoms with Gasteiger partial charge in [0.2, 0.25) is 0 Å². The van der Waals surface area contributed by atoms with E-state index >= 15 is 0 Å². The molecule has 3 heteroatoms. The minimum atomic E-state index is 0.667. The van der Waals surface area contributed by atoms with E-state index in [2.05, 4.69) is 36.4 Å². The molecular weight excluding hydrogens is 238 g/mol. The van der Waals surface area contributed by atoms with Crippen molar-refractivity contribution < 1.29 is 9.47 Å². The number of methoxy groups -OCH3 is 1. The highest BCUT2D eigenvalue weighted by Crippen LogP contribution is 2.23. The van der Waals surface area contributed by atoms with Crippen molar-refractivity contribution in [2.45, 2.75) is 26.3 Å². The van der Waals surface area contributed by atoms with Crippen molar-refractivity contribution in [3.8, 4) is 18.1 Å². The average Bonchev–Trinajstić information content (AvgIpc) is 2.42. The lowest BCUT2D eigenvalue weighted by atomic mass is 10.1. The quantitative estimate of drug-likeness (QED) is 0.547. The molecule has 1 aromatic rings. The van der Waals surface area contributed by atoms with E-state index in [1.165, 1.54) is 5.56 Å². The van der Waals surface area contributed by atoms with Gasteiger partial charge in [0.25, 0.3) is 0 Å². The summed E-state index contributed by atoms with van der Waals surface area (Å²) in [4.78, 5) is 0. The van der Waals surface area contributed by atoms with Gasteiger partial charge >= 0.3 is 0 Å². The molecule has 0 unspecified atom stereocenters. The van der Waals surface area contributed by atoms with Gasteiger partial charge < -0.3 is 14.8 Å². The van der Waals surface area contributed by atoms with E-state index in [1.807, 2.05) is 0 Å². The number of para-hydroxylation sites is 1. The molecule has 0 saturated heterocycles. The summed E-state index contributed by atoms with van der Waals surface area (Å²) in [5, 5.41) is 3.33. The molecule has 3 nitrogen and oxygen atoms in total. The van der Waals surface area contributed by atoms with Gasteiger partial charge in [0, 0.05) is 32.2 Å². The van der Waals surface area contributed by atoms with Crippen LogP contribution in [0.1, 0.15) is 24.0 Å². The monoisotopic (exact) mass is 261 g/mol. The van der Waals surface area contributed by atoms with Crippen molar-refractivity contribution in [3.63, 3.8) is 0 Å². The van der Waals surface area contributed by atoms with Crippen LogP contribution in [0.15, 0.2) is 18.2 Å². The van der Waals surface area contributed by atoms with Crippen LogP contribution in [0.4, 0.5) is 0 Å². The molecule has 0 aliphatic carbocycles. The number of benzene rings is 1. The molecule has 1 aromatic carbocycles. The Morgan fingerprint density at radius 3 is 2.89 bits per heavy atom. The lowest BCUT2D eigenvalue weighted by molar-refractivity contribution is 0.199. The van der Waals surface area contributed by atoms with Gasteiger partial charge in [-0.05, 0) is 18.9 Å². The lowest BCUT2D eigenvalue weighted by Gasteiger charge is -2.14. The Labute approximate surface area is 116 Å². The van der Waals surface area contributed by atoms with Crippen LogP contribution in [0.3, 0.4) is 0 Å². The van der Waals surface area contributed by atoms with Gasteiger partial charge in [-0.25, -0.2) is 0 Å². The zero-order valence-corrected chi connectivity index (χ0v) is 11.9. The minimum Gasteiger partial charge on any atom is -0.493 e. The highest BCUT2D eigenvalue weighted by Gasteiger charge is 2.06. The second kappa shape index (κ2) is 9.43. The van der Waals surface area contributed by atoms with Gasteiger partial charge in [-0.15, -0.1) is 12.3 Å². The summed E-state index contributed by atoms with van der Waals surface area (Å²) in [6.07, 6.45) is 6.88. The molecule has 0 bridgehead atoms. The molecule has 104 valence electrons. The largest absolute Gasteiger partial charge is 0.493 e. The first-order valence-corrected chi connectivity index (χ1v) is 6.64. The maximum atomic E-state index is 5.86. The second-order valence-corrected chi connectivity index (χ2v) is 4.39. The average molecular weight is 261 g/mol. The number of ether oxygens (including phenoxy) is 2. The first-order chi connectivity index (χ1) is 9.29. The molecule has 0 aliphatic heterocycles. The summed E-state index contributed by atoms with van der Waals surface area (Å²) in [5.74, 6) is 3.60. The third-order valence-electron chi connectivity index (χ3n) is 2.80.